The molecule has 11 heavy (non-hydrogen) atoms. The highest BCUT2D eigenvalue weighted by atomic mass is 16.7. The van der Waals surface area contributed by atoms with Gasteiger partial charge in [0.15, 0.2) is 11.2 Å². The normalized spacial score (nSPS) is 9.45. The molecule has 0 atom stereocenters. The van der Waals surface area contributed by atoms with Crippen molar-refractivity contribution in [1.29, 1.82) is 0 Å². The van der Waals surface area contributed by atoms with E-state index in [4.69, 9.17) is 0 Å². The summed E-state index contributed by atoms with van der Waals surface area (Å²) in [7, 11) is 0. The van der Waals surface area contributed by atoms with E-state index in [2.05, 4.69) is 10.3 Å². The first-order chi connectivity index (χ1) is 5.13. The molecule has 0 spiro atoms. The van der Waals surface area contributed by atoms with Crippen LogP contribution in [0.2, 0.25) is 0 Å². The molecule has 1 aromatic heterocycles. The molecule has 0 aliphatic carbocycles. The van der Waals surface area contributed by atoms with Crippen molar-refractivity contribution in [2.24, 2.45) is 0 Å². The molecule has 9 nitrogen and oxygen atoms in total. The van der Waals surface area contributed by atoms with Gasteiger partial charge in [-0.05, 0) is 4.92 Å². The zero-order valence-electron chi connectivity index (χ0n) is 4.95. The average molecular weight is 159 g/mol. The Morgan fingerprint density at radius 2 is 2.09 bits per heavy atom. The van der Waals surface area contributed by atoms with Gasteiger partial charge in [0.1, 0.15) is 0 Å². The van der Waals surface area contributed by atoms with Gasteiger partial charge in [0.05, 0.1) is 0 Å². The predicted molar refractivity (Wildman–Crippen MR) is 29.1 cm³/mol. The van der Waals surface area contributed by atoms with E-state index < -0.39 is 15.8 Å². The molecule has 9 heteroatoms. The third-order valence-corrected chi connectivity index (χ3v) is 0.856. The van der Waals surface area contributed by atoms with Crippen molar-refractivity contribution < 1.29 is 9.96 Å². The monoisotopic (exact) mass is 159 g/mol. The van der Waals surface area contributed by atoms with Crippen LogP contribution in [-0.4, -0.2) is 25.1 Å². The Balaban J connectivity index is 3.16. The fraction of sp³-hybridized carbons (Fsp3) is 0. The van der Waals surface area contributed by atoms with Crippen LogP contribution in [-0.2, 0) is 0 Å². The molecule has 0 saturated carbocycles. The van der Waals surface area contributed by atoms with Gasteiger partial charge in [0, 0.05) is 5.10 Å². The van der Waals surface area contributed by atoms with Crippen LogP contribution in [0.1, 0.15) is 0 Å². The Morgan fingerprint density at radius 3 is 2.45 bits per heavy atom. The Kier molecular flexibility index (Phi) is 1.46. The van der Waals surface area contributed by atoms with Crippen molar-refractivity contribution in [2.45, 2.75) is 0 Å². The molecule has 0 unspecified atom stereocenters. The highest BCUT2D eigenvalue weighted by Gasteiger charge is 2.25. The van der Waals surface area contributed by atoms with Crippen molar-refractivity contribution in [3.05, 3.63) is 26.4 Å². The molecule has 0 fully saturated rings. The van der Waals surface area contributed by atoms with Gasteiger partial charge in [-0.3, -0.25) is 0 Å². The minimum Gasteiger partial charge on any atom is -0.358 e. The van der Waals surface area contributed by atoms with Crippen LogP contribution in [0, 0.1) is 20.2 Å². The van der Waals surface area contributed by atoms with Gasteiger partial charge in [0.25, 0.3) is 5.21 Å². The zero-order valence-corrected chi connectivity index (χ0v) is 4.95. The van der Waals surface area contributed by atoms with E-state index in [1.54, 1.807) is 0 Å². The van der Waals surface area contributed by atoms with Crippen LogP contribution in [0.15, 0.2) is 6.20 Å². The molecular weight excluding hydrogens is 158 g/mol. The lowest BCUT2D eigenvalue weighted by atomic mass is 10.8. The summed E-state index contributed by atoms with van der Waals surface area (Å²) in [6.45, 7) is 0. The number of hydrogen-bond donors (Lipinski definition) is 0. The van der Waals surface area contributed by atoms with Gasteiger partial charge >= 0.3 is 5.82 Å². The maximum Gasteiger partial charge on any atom is 0.441 e. The second-order valence-electron chi connectivity index (χ2n) is 1.48. The van der Waals surface area contributed by atoms with E-state index in [9.17, 15) is 20.2 Å². The SMILES string of the molecule is O=[N+]([O-])c1cnnn1[N+](=O)[O-]. The summed E-state index contributed by atoms with van der Waals surface area (Å²) in [5, 5.41) is 24.8. The van der Waals surface area contributed by atoms with Crippen LogP contribution in [0.5, 0.6) is 0 Å². The minimum atomic E-state index is -1.04. The number of nitrogens with zero attached hydrogens (tertiary/aromatic N) is 5. The van der Waals surface area contributed by atoms with Crippen LogP contribution >= 0.6 is 0 Å². The largest absolute Gasteiger partial charge is 0.441 e. The van der Waals surface area contributed by atoms with Crippen molar-refractivity contribution in [1.82, 2.24) is 15.1 Å². The van der Waals surface area contributed by atoms with Gasteiger partial charge in [-0.15, -0.1) is 0 Å². The third kappa shape index (κ3) is 1.10. The lowest BCUT2D eigenvalue weighted by Gasteiger charge is -1.87. The van der Waals surface area contributed by atoms with E-state index in [-0.39, 0.29) is 4.79 Å². The first kappa shape index (κ1) is 7.05. The molecule has 1 aromatic rings. The summed E-state index contributed by atoms with van der Waals surface area (Å²) in [5.74, 6) is -0.769. The summed E-state index contributed by atoms with van der Waals surface area (Å²) in [4.78, 5) is 19.0. The van der Waals surface area contributed by atoms with Gasteiger partial charge in [0.2, 0.25) is 4.79 Å². The van der Waals surface area contributed by atoms with Crippen molar-refractivity contribution in [3.63, 3.8) is 0 Å². The van der Waals surface area contributed by atoms with Crippen LogP contribution < -0.4 is 0 Å². The highest BCUT2D eigenvalue weighted by molar-refractivity contribution is 5.08. The fourth-order valence-corrected chi connectivity index (χ4v) is 0.460. The average Bonchev–Trinajstić information content (AvgIpc) is 2.32. The summed E-state index contributed by atoms with van der Waals surface area (Å²) >= 11 is 0. The van der Waals surface area contributed by atoms with Crippen molar-refractivity contribution in [3.8, 4) is 0 Å². The van der Waals surface area contributed by atoms with Crippen LogP contribution in [0.25, 0.3) is 0 Å². The quantitative estimate of drug-likeness (QED) is 0.412. The Hall–Kier alpha value is -2.06. The fourth-order valence-electron chi connectivity index (χ4n) is 0.460. The minimum absolute atomic E-state index is 0.0139. The molecule has 0 saturated heterocycles. The number of nitro groups is 2. The molecule has 1 rings (SSSR count). The van der Waals surface area contributed by atoms with Gasteiger partial charge < -0.3 is 20.2 Å². The summed E-state index contributed by atoms with van der Waals surface area (Å²) in [6.07, 6.45) is 0.697. The maximum atomic E-state index is 9.99. The van der Waals surface area contributed by atoms with Crippen LogP contribution in [0.3, 0.4) is 0 Å². The topological polar surface area (TPSA) is 117 Å². The molecule has 0 amide bonds. The molecule has 0 aliphatic heterocycles. The lowest BCUT2D eigenvalue weighted by molar-refractivity contribution is -0.570. The second-order valence-corrected chi connectivity index (χ2v) is 1.48. The smallest absolute Gasteiger partial charge is 0.358 e. The first-order valence-corrected chi connectivity index (χ1v) is 2.32. The molecule has 1 heterocycles. The summed E-state index contributed by atoms with van der Waals surface area (Å²) < 4.78 is 0. The van der Waals surface area contributed by atoms with Gasteiger partial charge in [-0.1, -0.05) is 0 Å². The zero-order chi connectivity index (χ0) is 8.43. The Morgan fingerprint density at radius 1 is 1.45 bits per heavy atom. The van der Waals surface area contributed by atoms with E-state index in [1.807, 2.05) is 0 Å². The number of hydrogen-bond acceptors (Lipinski definition) is 6. The predicted octanol–water partition coefficient (Wildman–Crippen LogP) is -0.774. The van der Waals surface area contributed by atoms with E-state index in [0.717, 1.165) is 0 Å². The lowest BCUT2D eigenvalue weighted by Crippen LogP contribution is -2.13. The second kappa shape index (κ2) is 2.28. The standard InChI is InChI=1S/C2HN5O4/c8-6(9)2-1-3-4-5(2)7(10)11/h1H. The van der Waals surface area contributed by atoms with Crippen LogP contribution in [0.4, 0.5) is 5.82 Å². The highest BCUT2D eigenvalue weighted by Crippen LogP contribution is 2.04. The van der Waals surface area contributed by atoms with E-state index in [0.29, 0.717) is 6.20 Å². The van der Waals surface area contributed by atoms with Crippen molar-refractivity contribution >= 4 is 5.82 Å². The summed E-state index contributed by atoms with van der Waals surface area (Å²) in [6, 6.07) is 0. The molecule has 0 radical (unpaired) electrons. The molecule has 0 aromatic carbocycles. The van der Waals surface area contributed by atoms with Gasteiger partial charge in [-0.2, -0.15) is 0 Å². The number of rotatable bonds is 2. The van der Waals surface area contributed by atoms with Gasteiger partial charge in [-0.25, -0.2) is 0 Å². The van der Waals surface area contributed by atoms with E-state index in [1.165, 1.54) is 0 Å². The molecule has 0 N–H and O–H groups in total. The maximum absolute atomic E-state index is 9.99. The Labute approximate surface area is 58.5 Å². The molecular formula is C2HN5O4. The van der Waals surface area contributed by atoms with E-state index >= 15 is 0 Å². The molecule has 0 aliphatic rings. The van der Waals surface area contributed by atoms with Crippen molar-refractivity contribution in [2.75, 3.05) is 0 Å². The third-order valence-electron chi connectivity index (χ3n) is 0.856. The first-order valence-electron chi connectivity index (χ1n) is 2.32. The summed E-state index contributed by atoms with van der Waals surface area (Å²) in [5.41, 5.74) is 0. The molecule has 0 bridgehead atoms. The number of aromatic nitrogens is 3. The Bertz CT molecular complexity index is 275. The molecule has 58 valence electrons.